The minimum Gasteiger partial charge on any atom is -1.00 e. The molecule has 110 valence electrons. The normalized spacial score (nSPS) is 10.5. The summed E-state index contributed by atoms with van der Waals surface area (Å²) in [5, 5.41) is 8.49. The maximum absolute atomic E-state index is 10.3. The van der Waals surface area contributed by atoms with E-state index >= 15 is 0 Å². The Morgan fingerprint density at radius 2 is 1.21 bits per heavy atom. The predicted molar refractivity (Wildman–Crippen MR) is 79.0 cm³/mol. The van der Waals surface area contributed by atoms with Gasteiger partial charge in [-0.25, -0.2) is 0 Å². The number of carboxylic acid groups (broad SMARTS) is 1. The topological polar surface area (TPSA) is 37.3 Å². The van der Waals surface area contributed by atoms with Crippen LogP contribution in [-0.2, 0) is 4.79 Å². The van der Waals surface area contributed by atoms with Crippen LogP contribution in [0.2, 0.25) is 0 Å². The summed E-state index contributed by atoms with van der Waals surface area (Å²) in [6, 6.07) is 0. The first-order valence-corrected chi connectivity index (χ1v) is 7.84. The van der Waals surface area contributed by atoms with Crippen LogP contribution in [-0.4, -0.2) is 11.1 Å². The molecule has 0 amide bonds. The monoisotopic (exact) mass is 280 g/mol. The minimum absolute atomic E-state index is 0. The van der Waals surface area contributed by atoms with Gasteiger partial charge in [0.25, 0.3) is 0 Å². The van der Waals surface area contributed by atoms with E-state index in [9.17, 15) is 4.79 Å². The summed E-state index contributed by atoms with van der Waals surface area (Å²) in [6.45, 7) is 4.59. The zero-order valence-electron chi connectivity index (χ0n) is 14.4. The summed E-state index contributed by atoms with van der Waals surface area (Å²) in [5.74, 6) is 0.201. The molecule has 0 aliphatic carbocycles. The second-order valence-electron chi connectivity index (χ2n) is 5.86. The molecule has 0 aliphatic rings. The van der Waals surface area contributed by atoms with Gasteiger partial charge in [0.1, 0.15) is 0 Å². The van der Waals surface area contributed by atoms with Gasteiger partial charge in [0.15, 0.2) is 0 Å². The van der Waals surface area contributed by atoms with Crippen molar-refractivity contribution in [3.63, 3.8) is 0 Å². The standard InChI is InChI=1S/C16H32O2.Na.H/c1-15(2)13-11-9-7-5-3-4-6-8-10-12-14-16(17)18;;/h15H,3-14H2,1-2H3,(H,17,18);;/q;+1;-1. The van der Waals surface area contributed by atoms with Crippen LogP contribution in [0, 0.1) is 5.92 Å². The van der Waals surface area contributed by atoms with Gasteiger partial charge < -0.3 is 6.53 Å². The molecular formula is C16H33NaO2. The fourth-order valence-corrected chi connectivity index (χ4v) is 2.24. The molecule has 0 radical (unpaired) electrons. The Balaban J connectivity index is -0.00000144. The number of unbranched alkanes of at least 4 members (excludes halogenated alkanes) is 9. The molecule has 0 spiro atoms. The average Bonchev–Trinajstić information content (AvgIpc) is 2.29. The van der Waals surface area contributed by atoms with Crippen molar-refractivity contribution >= 4 is 5.97 Å². The summed E-state index contributed by atoms with van der Waals surface area (Å²) in [7, 11) is 0. The minimum atomic E-state index is -0.656. The molecule has 0 fully saturated rings. The van der Waals surface area contributed by atoms with Gasteiger partial charge in [-0.1, -0.05) is 78.1 Å². The van der Waals surface area contributed by atoms with Crippen molar-refractivity contribution in [2.24, 2.45) is 5.92 Å². The summed E-state index contributed by atoms with van der Waals surface area (Å²) in [4.78, 5) is 10.3. The zero-order chi connectivity index (χ0) is 13.6. The molecule has 0 heterocycles. The molecule has 0 saturated carbocycles. The van der Waals surface area contributed by atoms with Crippen LogP contribution in [0.5, 0.6) is 0 Å². The molecule has 2 nitrogen and oxygen atoms in total. The third-order valence-corrected chi connectivity index (χ3v) is 3.42. The van der Waals surface area contributed by atoms with E-state index in [0.717, 1.165) is 18.8 Å². The van der Waals surface area contributed by atoms with E-state index in [0.29, 0.717) is 6.42 Å². The van der Waals surface area contributed by atoms with Crippen LogP contribution in [0.15, 0.2) is 0 Å². The summed E-state index contributed by atoms with van der Waals surface area (Å²) >= 11 is 0. The molecule has 0 saturated heterocycles. The number of carboxylic acids is 1. The van der Waals surface area contributed by atoms with Crippen molar-refractivity contribution in [1.82, 2.24) is 0 Å². The molecule has 1 N–H and O–H groups in total. The summed E-state index contributed by atoms with van der Waals surface area (Å²) in [6.07, 6.45) is 14.4. The second-order valence-corrected chi connectivity index (χ2v) is 5.86. The molecule has 3 heteroatoms. The van der Waals surface area contributed by atoms with Gasteiger partial charge >= 0.3 is 35.5 Å². The van der Waals surface area contributed by atoms with Crippen LogP contribution < -0.4 is 29.6 Å². The number of carbonyl (C=O) groups is 1. The maximum atomic E-state index is 10.3. The van der Waals surface area contributed by atoms with E-state index in [1.54, 1.807) is 0 Å². The largest absolute Gasteiger partial charge is 1.00 e. The van der Waals surface area contributed by atoms with Gasteiger partial charge in [-0.05, 0) is 12.3 Å². The van der Waals surface area contributed by atoms with Crippen molar-refractivity contribution in [2.75, 3.05) is 0 Å². The third kappa shape index (κ3) is 20.9. The first-order chi connectivity index (χ1) is 8.63. The second kappa shape index (κ2) is 16.5. The molecule has 0 aromatic rings. The molecule has 0 aliphatic heterocycles. The van der Waals surface area contributed by atoms with E-state index in [1.165, 1.54) is 57.8 Å². The van der Waals surface area contributed by atoms with Gasteiger partial charge in [0, 0.05) is 6.42 Å². The van der Waals surface area contributed by atoms with Crippen LogP contribution in [0.3, 0.4) is 0 Å². The molecule has 0 unspecified atom stereocenters. The Hall–Kier alpha value is 0.470. The smallest absolute Gasteiger partial charge is 1.00 e. The molecule has 0 atom stereocenters. The number of rotatable bonds is 13. The van der Waals surface area contributed by atoms with Crippen molar-refractivity contribution in [2.45, 2.75) is 90.9 Å². The first-order valence-electron chi connectivity index (χ1n) is 7.84. The number of hydrogen-bond donors (Lipinski definition) is 1. The van der Waals surface area contributed by atoms with E-state index < -0.39 is 5.97 Å². The SMILES string of the molecule is CC(C)CCCCCCCCCCCCC(=O)O.[H-].[Na+]. The number of hydrogen-bond acceptors (Lipinski definition) is 1. The fraction of sp³-hybridized carbons (Fsp3) is 0.938. The van der Waals surface area contributed by atoms with E-state index in [4.69, 9.17) is 5.11 Å². The summed E-state index contributed by atoms with van der Waals surface area (Å²) in [5.41, 5.74) is 0. The van der Waals surface area contributed by atoms with Crippen molar-refractivity contribution in [3.8, 4) is 0 Å². The Morgan fingerprint density at radius 3 is 1.58 bits per heavy atom. The van der Waals surface area contributed by atoms with Gasteiger partial charge in [-0.3, -0.25) is 4.79 Å². The molecule has 0 rings (SSSR count). The van der Waals surface area contributed by atoms with Gasteiger partial charge in [0.05, 0.1) is 0 Å². The van der Waals surface area contributed by atoms with Crippen LogP contribution >= 0.6 is 0 Å². The van der Waals surface area contributed by atoms with Gasteiger partial charge in [-0.2, -0.15) is 0 Å². The average molecular weight is 280 g/mol. The van der Waals surface area contributed by atoms with Gasteiger partial charge in [-0.15, -0.1) is 0 Å². The molecule has 19 heavy (non-hydrogen) atoms. The quantitative estimate of drug-likeness (QED) is 0.416. The summed E-state index contributed by atoms with van der Waals surface area (Å²) < 4.78 is 0. The maximum Gasteiger partial charge on any atom is 1.00 e. The van der Waals surface area contributed by atoms with Crippen LogP contribution in [0.4, 0.5) is 0 Å². The fourth-order valence-electron chi connectivity index (χ4n) is 2.24. The Bertz CT molecular complexity index is 199. The van der Waals surface area contributed by atoms with E-state index in [1.807, 2.05) is 0 Å². The van der Waals surface area contributed by atoms with Crippen molar-refractivity contribution in [3.05, 3.63) is 0 Å². The van der Waals surface area contributed by atoms with Crippen molar-refractivity contribution < 1.29 is 40.9 Å². The van der Waals surface area contributed by atoms with Gasteiger partial charge in [0.2, 0.25) is 0 Å². The van der Waals surface area contributed by atoms with Crippen molar-refractivity contribution in [1.29, 1.82) is 0 Å². The Labute approximate surface area is 143 Å². The van der Waals surface area contributed by atoms with Crippen LogP contribution in [0.1, 0.15) is 92.3 Å². The third-order valence-electron chi connectivity index (χ3n) is 3.42. The molecule has 0 aromatic carbocycles. The Kier molecular flexibility index (Phi) is 18.9. The first kappa shape index (κ1) is 21.8. The molecular weight excluding hydrogens is 247 g/mol. The van der Waals surface area contributed by atoms with Crippen LogP contribution in [0.25, 0.3) is 0 Å². The zero-order valence-corrected chi connectivity index (χ0v) is 15.4. The Morgan fingerprint density at radius 1 is 0.842 bits per heavy atom. The van der Waals surface area contributed by atoms with E-state index in [-0.39, 0.29) is 31.0 Å². The molecule has 0 aromatic heterocycles. The number of aliphatic carboxylic acids is 1. The molecule has 0 bridgehead atoms. The van der Waals surface area contributed by atoms with E-state index in [2.05, 4.69) is 13.8 Å². The predicted octanol–water partition coefficient (Wildman–Crippen LogP) is 2.52.